The van der Waals surface area contributed by atoms with Gasteiger partial charge in [-0.3, -0.25) is 14.4 Å². The maximum Gasteiger partial charge on any atom is 0.248 e. The molecule has 3 aromatic rings. The van der Waals surface area contributed by atoms with Gasteiger partial charge in [0.1, 0.15) is 47.4 Å². The van der Waals surface area contributed by atoms with Crippen LogP contribution in [-0.4, -0.2) is 84.1 Å². The van der Waals surface area contributed by atoms with Crippen LogP contribution in [0.15, 0.2) is 30.6 Å². The molecule has 0 spiro atoms. The molecule has 0 radical (unpaired) electrons. The van der Waals surface area contributed by atoms with Crippen LogP contribution in [0, 0.1) is 24.0 Å². The third-order valence-corrected chi connectivity index (χ3v) is 7.98. The zero-order valence-corrected chi connectivity index (χ0v) is 27.6. The molecule has 1 aliphatic heterocycles. The number of ether oxygens (including phenoxy) is 2. The molecule has 4 atom stereocenters. The van der Waals surface area contributed by atoms with Crippen molar-refractivity contribution in [3.63, 3.8) is 0 Å². The summed E-state index contributed by atoms with van der Waals surface area (Å²) in [5.74, 6) is -0.576. The van der Waals surface area contributed by atoms with Gasteiger partial charge < -0.3 is 35.6 Å². The molecule has 0 bridgehead atoms. The van der Waals surface area contributed by atoms with Gasteiger partial charge >= 0.3 is 0 Å². The van der Waals surface area contributed by atoms with Gasteiger partial charge in [0.15, 0.2) is 5.82 Å². The Morgan fingerprint density at radius 3 is 2.62 bits per heavy atom. The van der Waals surface area contributed by atoms with Crippen LogP contribution in [0.2, 0.25) is 5.02 Å². The topological polar surface area (TPSA) is 147 Å². The van der Waals surface area contributed by atoms with E-state index in [2.05, 4.69) is 37.2 Å². The summed E-state index contributed by atoms with van der Waals surface area (Å²) in [5.41, 5.74) is 0.501. The van der Waals surface area contributed by atoms with Crippen LogP contribution in [0.4, 0.5) is 26.0 Å². The van der Waals surface area contributed by atoms with Gasteiger partial charge in [-0.15, -0.1) is 18.8 Å². The summed E-state index contributed by atoms with van der Waals surface area (Å²) in [4.78, 5) is 50.1. The highest BCUT2D eigenvalue weighted by atomic mass is 35.5. The average Bonchev–Trinajstić information content (AvgIpc) is 3.56. The Morgan fingerprint density at radius 2 is 1.94 bits per heavy atom. The van der Waals surface area contributed by atoms with Crippen LogP contribution in [0.1, 0.15) is 26.7 Å². The summed E-state index contributed by atoms with van der Waals surface area (Å²) in [5, 5.41) is 10.9. The van der Waals surface area contributed by atoms with Crippen molar-refractivity contribution in [3.8, 4) is 18.1 Å². The lowest BCUT2D eigenvalue weighted by atomic mass is 10.1. The maximum atomic E-state index is 14.7. The first kappa shape index (κ1) is 37.2. The molecular weight excluding hydrogens is 659 g/mol. The Balaban J connectivity index is 0.00000600. The SMILES string of the molecule is C#CCO[C@H](C)[C@H](NC(=O)C(C)NC)C(=O)N1CCCC1C(=O)Nc1cc2c(Nc3ccc(F)c(Cl)c3F)ncnc2cc1OC.Cl. The Hall–Kier alpha value is -4.29. The van der Waals surface area contributed by atoms with Crippen molar-refractivity contribution >= 4 is 69.8 Å². The highest BCUT2D eigenvalue weighted by Gasteiger charge is 2.40. The maximum absolute atomic E-state index is 14.7. The standard InChI is InChI=1S/C31H34ClF2N7O5.ClH/c1-6-12-46-17(3)27(40-29(42)16(2)35-4)31(44)41-11-7-8-23(41)30(43)39-22-13-18-21(14-24(22)45-5)36-15-37-28(18)38-20-10-9-19(33)25(32)26(20)34;/h1,9-10,13-17,23,27,35H,7-8,11-12H2,2-5H3,(H,39,43)(H,40,42)(H,36,37,38);1H/t16?,17-,23?,27+;/m1./s1. The first-order chi connectivity index (χ1) is 22.0. The molecule has 1 saturated heterocycles. The van der Waals surface area contributed by atoms with Crippen LogP contribution in [0.25, 0.3) is 10.9 Å². The van der Waals surface area contributed by atoms with E-state index in [-0.39, 0.29) is 48.5 Å². The van der Waals surface area contributed by atoms with Gasteiger partial charge in [0, 0.05) is 18.0 Å². The second-order valence-electron chi connectivity index (χ2n) is 10.5. The highest BCUT2D eigenvalue weighted by Crippen LogP contribution is 2.35. The number of nitrogens with one attached hydrogen (secondary N) is 4. The largest absolute Gasteiger partial charge is 0.494 e. The van der Waals surface area contributed by atoms with Crippen LogP contribution in [-0.2, 0) is 19.1 Å². The molecule has 16 heteroatoms. The number of benzene rings is 2. The normalized spacial score (nSPS) is 16.0. The molecular formula is C31H35Cl2F2N7O5. The minimum atomic E-state index is -1.11. The number of likely N-dealkylation sites (N-methyl/N-ethyl adjacent to an activating group) is 1. The number of carbonyl (C=O) groups excluding carboxylic acids is 3. The van der Waals surface area contributed by atoms with Crippen molar-refractivity contribution in [1.82, 2.24) is 25.5 Å². The van der Waals surface area contributed by atoms with E-state index in [1.54, 1.807) is 27.0 Å². The smallest absolute Gasteiger partial charge is 0.248 e. The number of aromatic nitrogens is 2. The van der Waals surface area contributed by atoms with Crippen molar-refractivity contribution in [2.45, 2.75) is 50.9 Å². The number of halogens is 4. The molecule has 12 nitrogen and oxygen atoms in total. The van der Waals surface area contributed by atoms with Gasteiger partial charge in [0.05, 0.1) is 36.1 Å². The Kier molecular flexibility index (Phi) is 13.1. The fourth-order valence-electron chi connectivity index (χ4n) is 4.96. The molecule has 1 aliphatic rings. The zero-order valence-electron chi connectivity index (χ0n) is 26.0. The van der Waals surface area contributed by atoms with Gasteiger partial charge in [0.2, 0.25) is 17.7 Å². The fraction of sp³-hybridized carbons (Fsp3) is 0.387. The lowest BCUT2D eigenvalue weighted by Crippen LogP contribution is -2.58. The summed E-state index contributed by atoms with van der Waals surface area (Å²) in [7, 11) is 3.03. The fourth-order valence-corrected chi connectivity index (χ4v) is 5.13. The number of rotatable bonds is 12. The monoisotopic (exact) mass is 693 g/mol. The second kappa shape index (κ2) is 16.5. The third-order valence-electron chi connectivity index (χ3n) is 7.63. The number of anilines is 3. The summed E-state index contributed by atoms with van der Waals surface area (Å²) in [6.45, 7) is 3.46. The molecule has 2 heterocycles. The Morgan fingerprint density at radius 1 is 1.19 bits per heavy atom. The number of amides is 3. The lowest BCUT2D eigenvalue weighted by molar-refractivity contribution is -0.143. The van der Waals surface area contributed by atoms with Crippen molar-refractivity contribution in [3.05, 3.63) is 47.2 Å². The summed E-state index contributed by atoms with van der Waals surface area (Å²) in [6.07, 6.45) is 6.69. The van der Waals surface area contributed by atoms with Gasteiger partial charge in [-0.2, -0.15) is 0 Å². The van der Waals surface area contributed by atoms with Crippen molar-refractivity contribution < 1.29 is 32.6 Å². The van der Waals surface area contributed by atoms with Crippen molar-refractivity contribution in [2.24, 2.45) is 0 Å². The molecule has 1 aromatic heterocycles. The van der Waals surface area contributed by atoms with Crippen molar-refractivity contribution in [1.29, 1.82) is 0 Å². The Bertz CT molecular complexity index is 1680. The number of likely N-dealkylation sites (tertiary alicyclic amines) is 1. The molecule has 0 aliphatic carbocycles. The number of hydrogen-bond acceptors (Lipinski definition) is 9. The molecule has 2 unspecified atom stereocenters. The van der Waals surface area contributed by atoms with E-state index in [1.807, 2.05) is 0 Å². The number of hydrogen-bond donors (Lipinski definition) is 4. The lowest BCUT2D eigenvalue weighted by Gasteiger charge is -2.32. The third kappa shape index (κ3) is 8.36. The van der Waals surface area contributed by atoms with Crippen LogP contribution in [0.5, 0.6) is 5.75 Å². The number of nitrogens with zero attached hydrogens (tertiary/aromatic N) is 3. The average molecular weight is 695 g/mol. The number of fused-ring (bicyclic) bond motifs is 1. The van der Waals surface area contributed by atoms with E-state index in [0.29, 0.717) is 23.7 Å². The van der Waals surface area contributed by atoms with Crippen molar-refractivity contribution in [2.75, 3.05) is 37.9 Å². The van der Waals surface area contributed by atoms with E-state index in [9.17, 15) is 23.2 Å². The van der Waals surface area contributed by atoms with Gasteiger partial charge in [-0.1, -0.05) is 17.5 Å². The van der Waals surface area contributed by atoms with E-state index < -0.39 is 58.6 Å². The van der Waals surface area contributed by atoms with E-state index >= 15 is 0 Å². The van der Waals surface area contributed by atoms with Crippen LogP contribution < -0.4 is 26.0 Å². The highest BCUT2D eigenvalue weighted by molar-refractivity contribution is 6.31. The minimum Gasteiger partial charge on any atom is -0.494 e. The minimum absolute atomic E-state index is 0. The zero-order chi connectivity index (χ0) is 33.5. The van der Waals surface area contributed by atoms with Crippen LogP contribution in [0.3, 0.4) is 0 Å². The molecule has 252 valence electrons. The summed E-state index contributed by atoms with van der Waals surface area (Å²) < 4.78 is 39.5. The molecule has 4 rings (SSSR count). The number of carbonyl (C=O) groups is 3. The van der Waals surface area contributed by atoms with Gasteiger partial charge in [-0.05, 0) is 51.9 Å². The van der Waals surface area contributed by atoms with E-state index in [4.69, 9.17) is 27.5 Å². The number of methoxy groups -OCH3 is 1. The molecule has 2 aromatic carbocycles. The van der Waals surface area contributed by atoms with Gasteiger partial charge in [-0.25, -0.2) is 18.7 Å². The number of terminal acetylenes is 1. The molecule has 1 fully saturated rings. The van der Waals surface area contributed by atoms with E-state index in [1.165, 1.54) is 30.5 Å². The first-order valence-corrected chi connectivity index (χ1v) is 14.8. The second-order valence-corrected chi connectivity index (χ2v) is 10.9. The molecule has 47 heavy (non-hydrogen) atoms. The first-order valence-electron chi connectivity index (χ1n) is 14.4. The van der Waals surface area contributed by atoms with E-state index in [0.717, 1.165) is 6.07 Å². The molecule has 3 amide bonds. The quantitative estimate of drug-likeness (QED) is 0.164. The molecule has 0 saturated carbocycles. The van der Waals surface area contributed by atoms with Crippen LogP contribution >= 0.6 is 24.0 Å². The Labute approximate surface area is 281 Å². The summed E-state index contributed by atoms with van der Waals surface area (Å²) in [6, 6.07) is 2.71. The predicted octanol–water partition coefficient (Wildman–Crippen LogP) is 3.80. The van der Waals surface area contributed by atoms with Gasteiger partial charge in [0.25, 0.3) is 0 Å². The predicted molar refractivity (Wildman–Crippen MR) is 176 cm³/mol. The summed E-state index contributed by atoms with van der Waals surface area (Å²) >= 11 is 5.74. The molecule has 4 N–H and O–H groups in total.